The molecule has 0 aliphatic carbocycles. The van der Waals surface area contributed by atoms with Crippen LogP contribution < -0.4 is 5.32 Å². The second-order valence-electron chi connectivity index (χ2n) is 2.35. The van der Waals surface area contributed by atoms with Crippen molar-refractivity contribution in [3.8, 4) is 0 Å². The van der Waals surface area contributed by atoms with Crippen molar-refractivity contribution in [2.24, 2.45) is 0 Å². The third kappa shape index (κ3) is 7.38. The molecule has 0 rings (SSSR count). The highest BCUT2D eigenvalue weighted by Gasteiger charge is 1.89. The Labute approximate surface area is 83.2 Å². The van der Waals surface area contributed by atoms with Crippen molar-refractivity contribution in [3.63, 3.8) is 0 Å². The van der Waals surface area contributed by atoms with Crippen molar-refractivity contribution in [3.05, 3.63) is 35.6 Å². The molecule has 0 atom stereocenters. The van der Waals surface area contributed by atoms with Crippen LogP contribution in [0.25, 0.3) is 0 Å². The van der Waals surface area contributed by atoms with Crippen molar-refractivity contribution in [2.75, 3.05) is 7.05 Å². The van der Waals surface area contributed by atoms with Crippen LogP contribution in [0.2, 0.25) is 0 Å². The molecule has 0 aromatic rings. The van der Waals surface area contributed by atoms with Crippen LogP contribution in [0, 0.1) is 0 Å². The van der Waals surface area contributed by atoms with Crippen LogP contribution in [0.1, 0.15) is 34.6 Å². The Bertz CT molecular complexity index is 185. The molecule has 0 heterocycles. The van der Waals surface area contributed by atoms with Crippen molar-refractivity contribution >= 4 is 0 Å². The molecule has 1 heteroatoms. The predicted octanol–water partition coefficient (Wildman–Crippen LogP) is 3.66. The molecule has 0 fully saturated rings. The van der Waals surface area contributed by atoms with Gasteiger partial charge in [-0.15, -0.1) is 0 Å². The summed E-state index contributed by atoms with van der Waals surface area (Å²) in [5, 5.41) is 3.13. The Hall–Kier alpha value is -0.980. The molecular weight excluding hydrogens is 158 g/mol. The second kappa shape index (κ2) is 11.0. The maximum Gasteiger partial charge on any atom is 0.0363 e. The molecule has 76 valence electrons. The first-order valence-electron chi connectivity index (χ1n) is 4.90. The standard InChI is InChI=1S/C10H17N.C2H6/c1-5-7-9(3)10(11-4)8-6-2;1-2/h5-8,11H,1-4H3;1-2H3/b7-5-,8-6-,10-9+;. The van der Waals surface area contributed by atoms with Crippen molar-refractivity contribution in [2.45, 2.75) is 34.6 Å². The summed E-state index contributed by atoms with van der Waals surface area (Å²) in [4.78, 5) is 0. The van der Waals surface area contributed by atoms with E-state index in [0.29, 0.717) is 0 Å². The predicted molar refractivity (Wildman–Crippen MR) is 62.7 cm³/mol. The summed E-state index contributed by atoms with van der Waals surface area (Å²) in [7, 11) is 1.93. The van der Waals surface area contributed by atoms with E-state index in [4.69, 9.17) is 0 Å². The van der Waals surface area contributed by atoms with Gasteiger partial charge in [-0.05, 0) is 32.4 Å². The van der Waals surface area contributed by atoms with Gasteiger partial charge in [0.05, 0.1) is 0 Å². The van der Waals surface area contributed by atoms with E-state index in [-0.39, 0.29) is 0 Å². The van der Waals surface area contributed by atoms with Crippen molar-refractivity contribution in [1.29, 1.82) is 0 Å². The molecule has 0 amide bonds. The number of hydrogen-bond donors (Lipinski definition) is 1. The van der Waals surface area contributed by atoms with Gasteiger partial charge in [0, 0.05) is 12.7 Å². The van der Waals surface area contributed by atoms with Gasteiger partial charge in [0.15, 0.2) is 0 Å². The molecule has 0 spiro atoms. The minimum atomic E-state index is 1.17. The lowest BCUT2D eigenvalue weighted by molar-refractivity contribution is 1.01. The summed E-state index contributed by atoms with van der Waals surface area (Å²) >= 11 is 0. The van der Waals surface area contributed by atoms with Crippen molar-refractivity contribution < 1.29 is 0 Å². The van der Waals surface area contributed by atoms with Gasteiger partial charge in [-0.2, -0.15) is 0 Å². The van der Waals surface area contributed by atoms with E-state index in [1.165, 1.54) is 11.3 Å². The zero-order chi connectivity index (χ0) is 10.7. The van der Waals surface area contributed by atoms with Gasteiger partial charge in [-0.1, -0.05) is 32.1 Å². The molecule has 0 aliphatic rings. The lowest BCUT2D eigenvalue weighted by Gasteiger charge is -2.02. The lowest BCUT2D eigenvalue weighted by atomic mass is 10.2. The minimum Gasteiger partial charge on any atom is -0.388 e. The zero-order valence-electron chi connectivity index (χ0n) is 9.81. The first kappa shape index (κ1) is 14.5. The average molecular weight is 181 g/mol. The fraction of sp³-hybridized carbons (Fsp3) is 0.500. The summed E-state index contributed by atoms with van der Waals surface area (Å²) in [6, 6.07) is 0. The van der Waals surface area contributed by atoms with E-state index in [0.717, 1.165) is 0 Å². The smallest absolute Gasteiger partial charge is 0.0363 e. The van der Waals surface area contributed by atoms with Gasteiger partial charge in [-0.3, -0.25) is 0 Å². The largest absolute Gasteiger partial charge is 0.388 e. The Morgan fingerprint density at radius 1 is 1.00 bits per heavy atom. The van der Waals surface area contributed by atoms with Crippen LogP contribution in [-0.2, 0) is 0 Å². The third-order valence-corrected chi connectivity index (χ3v) is 1.44. The highest BCUT2D eigenvalue weighted by Crippen LogP contribution is 2.03. The third-order valence-electron chi connectivity index (χ3n) is 1.44. The van der Waals surface area contributed by atoms with E-state index in [1.807, 2.05) is 46.9 Å². The number of hydrogen-bond acceptors (Lipinski definition) is 1. The Kier molecular flexibility index (Phi) is 12.3. The van der Waals surface area contributed by atoms with Gasteiger partial charge in [0.2, 0.25) is 0 Å². The van der Waals surface area contributed by atoms with E-state index in [2.05, 4.69) is 24.4 Å². The van der Waals surface area contributed by atoms with E-state index >= 15 is 0 Å². The Balaban J connectivity index is 0. The molecule has 0 saturated carbocycles. The minimum absolute atomic E-state index is 1.17. The van der Waals surface area contributed by atoms with Gasteiger partial charge in [0.1, 0.15) is 0 Å². The molecular formula is C12H23N. The first-order chi connectivity index (χ1) is 6.26. The van der Waals surface area contributed by atoms with E-state index < -0.39 is 0 Å². The van der Waals surface area contributed by atoms with Gasteiger partial charge >= 0.3 is 0 Å². The van der Waals surface area contributed by atoms with Crippen LogP contribution in [-0.4, -0.2) is 7.05 Å². The Morgan fingerprint density at radius 2 is 1.46 bits per heavy atom. The molecule has 0 aromatic heterocycles. The number of nitrogens with one attached hydrogen (secondary N) is 1. The van der Waals surface area contributed by atoms with Crippen LogP contribution >= 0.6 is 0 Å². The molecule has 0 saturated heterocycles. The summed E-state index contributed by atoms with van der Waals surface area (Å²) < 4.78 is 0. The van der Waals surface area contributed by atoms with Crippen LogP contribution in [0.5, 0.6) is 0 Å². The Morgan fingerprint density at radius 3 is 1.77 bits per heavy atom. The molecule has 0 radical (unpaired) electrons. The summed E-state index contributed by atoms with van der Waals surface area (Å²) in [5.74, 6) is 0. The molecule has 0 bridgehead atoms. The monoisotopic (exact) mass is 181 g/mol. The summed E-state index contributed by atoms with van der Waals surface area (Å²) in [6.45, 7) is 10.1. The van der Waals surface area contributed by atoms with E-state index in [1.54, 1.807) is 0 Å². The maximum atomic E-state index is 3.13. The highest BCUT2D eigenvalue weighted by molar-refractivity contribution is 5.29. The summed E-state index contributed by atoms with van der Waals surface area (Å²) in [5.41, 5.74) is 2.43. The number of rotatable bonds is 3. The normalized spacial score (nSPS) is 12.5. The SMILES string of the molecule is CC.C\C=C/C(C)=C(\C=C/C)NC. The second-order valence-corrected chi connectivity index (χ2v) is 2.35. The molecule has 0 unspecified atom stereocenters. The topological polar surface area (TPSA) is 12.0 Å². The molecule has 1 N–H and O–H groups in total. The first-order valence-corrected chi connectivity index (χ1v) is 4.90. The fourth-order valence-electron chi connectivity index (χ4n) is 0.918. The zero-order valence-corrected chi connectivity index (χ0v) is 9.81. The van der Waals surface area contributed by atoms with Crippen LogP contribution in [0.4, 0.5) is 0 Å². The van der Waals surface area contributed by atoms with E-state index in [9.17, 15) is 0 Å². The van der Waals surface area contributed by atoms with Crippen LogP contribution in [0.3, 0.4) is 0 Å². The average Bonchev–Trinajstić information content (AvgIpc) is 2.17. The molecule has 0 aromatic carbocycles. The van der Waals surface area contributed by atoms with Gasteiger partial charge in [-0.25, -0.2) is 0 Å². The molecule has 13 heavy (non-hydrogen) atoms. The molecule has 0 aliphatic heterocycles. The molecule has 1 nitrogen and oxygen atoms in total. The maximum absolute atomic E-state index is 3.13. The quantitative estimate of drug-likeness (QED) is 0.655. The number of allylic oxidation sites excluding steroid dienone is 5. The van der Waals surface area contributed by atoms with Crippen molar-refractivity contribution in [1.82, 2.24) is 5.32 Å². The highest BCUT2D eigenvalue weighted by atomic mass is 14.8. The number of likely N-dealkylation sites (N-methyl/N-ethyl adjacent to an activating group) is 1. The van der Waals surface area contributed by atoms with Gasteiger partial charge in [0.25, 0.3) is 0 Å². The lowest BCUT2D eigenvalue weighted by Crippen LogP contribution is -2.04. The van der Waals surface area contributed by atoms with Crippen LogP contribution in [0.15, 0.2) is 35.6 Å². The van der Waals surface area contributed by atoms with Gasteiger partial charge < -0.3 is 5.32 Å². The fourth-order valence-corrected chi connectivity index (χ4v) is 0.918. The summed E-state index contributed by atoms with van der Waals surface area (Å²) in [6.07, 6.45) is 8.22.